The van der Waals surface area contributed by atoms with E-state index in [4.69, 9.17) is 5.26 Å². The van der Waals surface area contributed by atoms with Gasteiger partial charge in [0.1, 0.15) is 6.29 Å². The third-order valence-electron chi connectivity index (χ3n) is 1.73. The Labute approximate surface area is 77.0 Å². The molecule has 0 atom stereocenters. The summed E-state index contributed by atoms with van der Waals surface area (Å²) in [6.45, 7) is 2.20. The van der Waals surface area contributed by atoms with E-state index in [1.807, 2.05) is 6.92 Å². The van der Waals surface area contributed by atoms with E-state index in [-0.39, 0.29) is 0 Å². The molecule has 0 fully saturated rings. The zero-order valence-corrected chi connectivity index (χ0v) is 7.37. The SMILES string of the molecule is Cc1cc(C#N)ccc1NCC=O. The molecule has 0 saturated carbocycles. The molecule has 0 bridgehead atoms. The van der Waals surface area contributed by atoms with Gasteiger partial charge in [-0.1, -0.05) is 0 Å². The summed E-state index contributed by atoms with van der Waals surface area (Å²) in [5, 5.41) is 11.5. The predicted octanol–water partition coefficient (Wildman–Crippen LogP) is 1.48. The molecule has 0 aliphatic carbocycles. The quantitative estimate of drug-likeness (QED) is 0.706. The van der Waals surface area contributed by atoms with Gasteiger partial charge in [0.05, 0.1) is 18.2 Å². The van der Waals surface area contributed by atoms with Crippen LogP contribution in [0.15, 0.2) is 18.2 Å². The summed E-state index contributed by atoms with van der Waals surface area (Å²) in [4.78, 5) is 10.1. The minimum Gasteiger partial charge on any atom is -0.378 e. The average molecular weight is 174 g/mol. The number of carbonyl (C=O) groups excluding carboxylic acids is 1. The smallest absolute Gasteiger partial charge is 0.139 e. The largest absolute Gasteiger partial charge is 0.378 e. The van der Waals surface area contributed by atoms with Gasteiger partial charge in [0.15, 0.2) is 0 Å². The minimum absolute atomic E-state index is 0.298. The van der Waals surface area contributed by atoms with Crippen LogP contribution in [-0.2, 0) is 4.79 Å². The molecule has 1 aromatic rings. The summed E-state index contributed by atoms with van der Waals surface area (Å²) >= 11 is 0. The second kappa shape index (κ2) is 4.27. The van der Waals surface area contributed by atoms with E-state index in [1.54, 1.807) is 18.2 Å². The predicted molar refractivity (Wildman–Crippen MR) is 50.4 cm³/mol. The second-order valence-electron chi connectivity index (χ2n) is 2.69. The molecule has 1 aromatic carbocycles. The zero-order chi connectivity index (χ0) is 9.68. The summed E-state index contributed by atoms with van der Waals surface area (Å²) in [7, 11) is 0. The van der Waals surface area contributed by atoms with Gasteiger partial charge in [-0.25, -0.2) is 0 Å². The monoisotopic (exact) mass is 174 g/mol. The number of nitriles is 1. The summed E-state index contributed by atoms with van der Waals surface area (Å²) in [5.74, 6) is 0. The van der Waals surface area contributed by atoms with E-state index in [2.05, 4.69) is 11.4 Å². The van der Waals surface area contributed by atoms with Crippen molar-refractivity contribution < 1.29 is 4.79 Å². The summed E-state index contributed by atoms with van der Waals surface area (Å²) in [6.07, 6.45) is 0.803. The highest BCUT2D eigenvalue weighted by molar-refractivity contribution is 5.62. The number of benzene rings is 1. The van der Waals surface area contributed by atoms with Crippen LogP contribution in [0.4, 0.5) is 5.69 Å². The molecule has 0 amide bonds. The van der Waals surface area contributed by atoms with Gasteiger partial charge >= 0.3 is 0 Å². The van der Waals surface area contributed by atoms with Crippen LogP contribution >= 0.6 is 0 Å². The average Bonchev–Trinajstić information content (AvgIpc) is 2.16. The fourth-order valence-electron chi connectivity index (χ4n) is 1.08. The topological polar surface area (TPSA) is 52.9 Å². The fraction of sp³-hybridized carbons (Fsp3) is 0.200. The number of anilines is 1. The van der Waals surface area contributed by atoms with E-state index >= 15 is 0 Å². The van der Waals surface area contributed by atoms with E-state index in [0.717, 1.165) is 17.5 Å². The van der Waals surface area contributed by atoms with Crippen LogP contribution in [0.3, 0.4) is 0 Å². The van der Waals surface area contributed by atoms with Gasteiger partial charge in [-0.3, -0.25) is 0 Å². The van der Waals surface area contributed by atoms with Crippen LogP contribution < -0.4 is 5.32 Å². The van der Waals surface area contributed by atoms with Crippen molar-refractivity contribution in [3.63, 3.8) is 0 Å². The van der Waals surface area contributed by atoms with Crippen molar-refractivity contribution in [1.82, 2.24) is 0 Å². The molecule has 0 saturated heterocycles. The molecule has 0 aliphatic rings. The van der Waals surface area contributed by atoms with Crippen molar-refractivity contribution in [2.75, 3.05) is 11.9 Å². The molecule has 1 N–H and O–H groups in total. The molecule has 66 valence electrons. The summed E-state index contributed by atoms with van der Waals surface area (Å²) < 4.78 is 0. The Morgan fingerprint density at radius 3 is 2.92 bits per heavy atom. The van der Waals surface area contributed by atoms with Gasteiger partial charge in [0.2, 0.25) is 0 Å². The first kappa shape index (κ1) is 9.27. The summed E-state index contributed by atoms with van der Waals surface area (Å²) in [6, 6.07) is 7.36. The molecule has 0 aromatic heterocycles. The first-order valence-corrected chi connectivity index (χ1v) is 3.96. The van der Waals surface area contributed by atoms with Crippen molar-refractivity contribution in [3.8, 4) is 6.07 Å². The molecule has 13 heavy (non-hydrogen) atoms. The van der Waals surface area contributed by atoms with Crippen molar-refractivity contribution in [3.05, 3.63) is 29.3 Å². The maximum Gasteiger partial charge on any atom is 0.139 e. The fourth-order valence-corrected chi connectivity index (χ4v) is 1.08. The van der Waals surface area contributed by atoms with Gasteiger partial charge in [-0.05, 0) is 30.7 Å². The van der Waals surface area contributed by atoms with Crippen LogP contribution in [0.25, 0.3) is 0 Å². The highest BCUT2D eigenvalue weighted by atomic mass is 16.1. The lowest BCUT2D eigenvalue weighted by Gasteiger charge is -2.05. The maximum atomic E-state index is 10.1. The van der Waals surface area contributed by atoms with Gasteiger partial charge in [-0.15, -0.1) is 0 Å². The lowest BCUT2D eigenvalue weighted by Crippen LogP contribution is -2.03. The lowest BCUT2D eigenvalue weighted by atomic mass is 10.1. The van der Waals surface area contributed by atoms with Gasteiger partial charge < -0.3 is 10.1 Å². The third-order valence-corrected chi connectivity index (χ3v) is 1.73. The van der Waals surface area contributed by atoms with E-state index in [0.29, 0.717) is 12.1 Å². The first-order chi connectivity index (χ1) is 6.27. The van der Waals surface area contributed by atoms with Crippen molar-refractivity contribution in [2.24, 2.45) is 0 Å². The normalized spacial score (nSPS) is 8.92. The molecular formula is C10H10N2O. The highest BCUT2D eigenvalue weighted by Gasteiger charge is 1.97. The molecule has 1 rings (SSSR count). The van der Waals surface area contributed by atoms with E-state index in [1.165, 1.54) is 0 Å². The van der Waals surface area contributed by atoms with Crippen molar-refractivity contribution in [1.29, 1.82) is 5.26 Å². The standard InChI is InChI=1S/C10H10N2O/c1-8-6-9(7-11)2-3-10(8)12-4-5-13/h2-3,5-6,12H,4H2,1H3. The Balaban J connectivity index is 2.86. The van der Waals surface area contributed by atoms with E-state index < -0.39 is 0 Å². The first-order valence-electron chi connectivity index (χ1n) is 3.96. The highest BCUT2D eigenvalue weighted by Crippen LogP contribution is 2.15. The number of rotatable bonds is 3. The van der Waals surface area contributed by atoms with Gasteiger partial charge in [0.25, 0.3) is 0 Å². The molecule has 0 spiro atoms. The number of aldehydes is 1. The van der Waals surface area contributed by atoms with Crippen molar-refractivity contribution in [2.45, 2.75) is 6.92 Å². The van der Waals surface area contributed by atoms with Crippen molar-refractivity contribution >= 4 is 12.0 Å². The van der Waals surface area contributed by atoms with Crippen LogP contribution in [0.5, 0.6) is 0 Å². The molecular weight excluding hydrogens is 164 g/mol. The number of hydrogen-bond acceptors (Lipinski definition) is 3. The molecule has 0 aliphatic heterocycles. The van der Waals surface area contributed by atoms with Gasteiger partial charge in [-0.2, -0.15) is 5.26 Å². The Hall–Kier alpha value is -1.82. The Bertz CT molecular complexity index is 352. The molecule has 3 nitrogen and oxygen atoms in total. The zero-order valence-electron chi connectivity index (χ0n) is 7.37. The Morgan fingerprint density at radius 2 is 2.38 bits per heavy atom. The lowest BCUT2D eigenvalue weighted by molar-refractivity contribution is -0.106. The van der Waals surface area contributed by atoms with E-state index in [9.17, 15) is 4.79 Å². The Kier molecular flexibility index (Phi) is 3.04. The van der Waals surface area contributed by atoms with Crippen LogP contribution in [0.2, 0.25) is 0 Å². The number of carbonyl (C=O) groups is 1. The molecule has 0 unspecified atom stereocenters. The molecule has 0 heterocycles. The second-order valence-corrected chi connectivity index (χ2v) is 2.69. The number of hydrogen-bond donors (Lipinski definition) is 1. The number of nitrogens with one attached hydrogen (secondary N) is 1. The maximum absolute atomic E-state index is 10.1. The number of nitrogens with zero attached hydrogens (tertiary/aromatic N) is 1. The minimum atomic E-state index is 0.298. The number of aryl methyl sites for hydroxylation is 1. The Morgan fingerprint density at radius 1 is 1.62 bits per heavy atom. The van der Waals surface area contributed by atoms with Crippen LogP contribution in [0.1, 0.15) is 11.1 Å². The van der Waals surface area contributed by atoms with Gasteiger partial charge in [0, 0.05) is 5.69 Å². The van der Waals surface area contributed by atoms with Crippen LogP contribution in [0, 0.1) is 18.3 Å². The van der Waals surface area contributed by atoms with Crippen LogP contribution in [-0.4, -0.2) is 12.8 Å². The third kappa shape index (κ3) is 2.31. The molecule has 3 heteroatoms. The summed E-state index contributed by atoms with van der Waals surface area (Å²) in [5.41, 5.74) is 2.50. The molecule has 0 radical (unpaired) electrons.